The molecule has 3 heteroatoms. The molecule has 1 aromatic carbocycles. The summed E-state index contributed by atoms with van der Waals surface area (Å²) in [6.07, 6.45) is 2.36. The molecule has 3 rings (SSSR count). The monoisotopic (exact) mass is 261 g/mol. The molecule has 0 radical (unpaired) electrons. The molecule has 1 atom stereocenters. The van der Waals surface area contributed by atoms with Gasteiger partial charge in [-0.15, -0.1) is 0 Å². The molecule has 1 spiro atoms. The average Bonchev–Trinajstić information content (AvgIpc) is 2.84. The van der Waals surface area contributed by atoms with Gasteiger partial charge in [0.05, 0.1) is 6.61 Å². The smallest absolute Gasteiger partial charge is 0.119 e. The van der Waals surface area contributed by atoms with Crippen molar-refractivity contribution in [2.24, 2.45) is 5.41 Å². The molecular formula is C16H23NO2. The third-order valence-electron chi connectivity index (χ3n) is 4.65. The van der Waals surface area contributed by atoms with Crippen LogP contribution in [0.15, 0.2) is 24.3 Å². The van der Waals surface area contributed by atoms with Crippen LogP contribution in [0.5, 0.6) is 5.75 Å². The summed E-state index contributed by atoms with van der Waals surface area (Å²) in [6, 6.07) is 8.67. The first kappa shape index (κ1) is 12.9. The lowest BCUT2D eigenvalue weighted by Gasteiger charge is -2.38. The Morgan fingerprint density at radius 2 is 2.00 bits per heavy atom. The van der Waals surface area contributed by atoms with E-state index in [-0.39, 0.29) is 0 Å². The maximum Gasteiger partial charge on any atom is 0.119 e. The van der Waals surface area contributed by atoms with E-state index < -0.39 is 0 Å². The van der Waals surface area contributed by atoms with Crippen LogP contribution < -0.4 is 10.1 Å². The summed E-state index contributed by atoms with van der Waals surface area (Å²) in [4.78, 5) is 0. The number of nitrogens with one attached hydrogen (secondary N) is 1. The summed E-state index contributed by atoms with van der Waals surface area (Å²) in [5, 5.41) is 3.58. The van der Waals surface area contributed by atoms with Gasteiger partial charge in [-0.3, -0.25) is 0 Å². The molecule has 2 aliphatic heterocycles. The normalized spacial score (nSPS) is 25.6. The Labute approximate surface area is 115 Å². The fourth-order valence-electron chi connectivity index (χ4n) is 3.54. The minimum Gasteiger partial charge on any atom is -0.494 e. The zero-order valence-corrected chi connectivity index (χ0v) is 11.7. The van der Waals surface area contributed by atoms with Crippen LogP contribution >= 0.6 is 0 Å². The SMILES string of the molecule is CCOc1ccc(C2CNCC23CCOCC3)cc1. The lowest BCUT2D eigenvalue weighted by atomic mass is 9.69. The Kier molecular flexibility index (Phi) is 3.76. The van der Waals surface area contributed by atoms with E-state index in [0.717, 1.165) is 38.7 Å². The van der Waals surface area contributed by atoms with Crippen LogP contribution in [0.2, 0.25) is 0 Å². The highest BCUT2D eigenvalue weighted by Gasteiger charge is 2.44. The van der Waals surface area contributed by atoms with E-state index in [4.69, 9.17) is 9.47 Å². The molecule has 3 nitrogen and oxygen atoms in total. The highest BCUT2D eigenvalue weighted by atomic mass is 16.5. The molecule has 104 valence electrons. The fourth-order valence-corrected chi connectivity index (χ4v) is 3.54. The predicted octanol–water partition coefficient (Wildman–Crippen LogP) is 2.57. The van der Waals surface area contributed by atoms with Crippen LogP contribution in [0.25, 0.3) is 0 Å². The minimum atomic E-state index is 0.408. The molecule has 0 aliphatic carbocycles. The Hall–Kier alpha value is -1.06. The van der Waals surface area contributed by atoms with Crippen molar-refractivity contribution in [1.82, 2.24) is 5.32 Å². The molecule has 0 bridgehead atoms. The average molecular weight is 261 g/mol. The molecule has 1 unspecified atom stereocenters. The van der Waals surface area contributed by atoms with Gasteiger partial charge in [-0.1, -0.05) is 12.1 Å². The van der Waals surface area contributed by atoms with Crippen molar-refractivity contribution in [3.63, 3.8) is 0 Å². The standard InChI is InChI=1S/C16H23NO2/c1-2-19-14-5-3-13(4-6-14)15-11-17-12-16(15)7-9-18-10-8-16/h3-6,15,17H,2,7-12H2,1H3. The van der Waals surface area contributed by atoms with Gasteiger partial charge in [-0.05, 0) is 42.9 Å². The Bertz CT molecular complexity index is 409. The maximum absolute atomic E-state index is 5.54. The van der Waals surface area contributed by atoms with Crippen molar-refractivity contribution in [2.45, 2.75) is 25.7 Å². The zero-order chi connectivity index (χ0) is 13.1. The van der Waals surface area contributed by atoms with Crippen LogP contribution in [0.4, 0.5) is 0 Å². The number of benzene rings is 1. The van der Waals surface area contributed by atoms with E-state index >= 15 is 0 Å². The van der Waals surface area contributed by atoms with E-state index in [0.29, 0.717) is 11.3 Å². The van der Waals surface area contributed by atoms with Gasteiger partial charge in [0.25, 0.3) is 0 Å². The highest BCUT2D eigenvalue weighted by molar-refractivity contribution is 5.32. The van der Waals surface area contributed by atoms with Gasteiger partial charge in [0.2, 0.25) is 0 Å². The zero-order valence-electron chi connectivity index (χ0n) is 11.7. The molecule has 2 heterocycles. The van der Waals surface area contributed by atoms with Gasteiger partial charge < -0.3 is 14.8 Å². The summed E-state index contributed by atoms with van der Waals surface area (Å²) in [5.41, 5.74) is 1.85. The van der Waals surface area contributed by atoms with E-state index in [1.54, 1.807) is 0 Å². The van der Waals surface area contributed by atoms with Gasteiger partial charge in [-0.2, -0.15) is 0 Å². The predicted molar refractivity (Wildman–Crippen MR) is 75.7 cm³/mol. The van der Waals surface area contributed by atoms with Gasteiger partial charge >= 0.3 is 0 Å². The number of rotatable bonds is 3. The minimum absolute atomic E-state index is 0.408. The molecule has 0 saturated carbocycles. The lowest BCUT2D eigenvalue weighted by Crippen LogP contribution is -2.35. The summed E-state index contributed by atoms with van der Waals surface area (Å²) in [5.74, 6) is 1.59. The first-order valence-corrected chi connectivity index (χ1v) is 7.35. The second-order valence-electron chi connectivity index (χ2n) is 5.66. The van der Waals surface area contributed by atoms with Crippen LogP contribution in [-0.4, -0.2) is 32.9 Å². The molecule has 2 aliphatic rings. The van der Waals surface area contributed by atoms with Gasteiger partial charge in [0, 0.05) is 32.2 Å². The lowest BCUT2D eigenvalue weighted by molar-refractivity contribution is 0.0165. The fraction of sp³-hybridized carbons (Fsp3) is 0.625. The first-order valence-electron chi connectivity index (χ1n) is 7.35. The van der Waals surface area contributed by atoms with Crippen molar-refractivity contribution < 1.29 is 9.47 Å². The molecule has 0 amide bonds. The van der Waals surface area contributed by atoms with Crippen molar-refractivity contribution in [3.05, 3.63) is 29.8 Å². The molecule has 19 heavy (non-hydrogen) atoms. The van der Waals surface area contributed by atoms with Crippen molar-refractivity contribution in [2.75, 3.05) is 32.9 Å². The maximum atomic E-state index is 5.54. The third kappa shape index (κ3) is 2.49. The number of hydrogen-bond donors (Lipinski definition) is 1. The van der Waals surface area contributed by atoms with E-state index in [9.17, 15) is 0 Å². The molecule has 1 aromatic rings. The highest BCUT2D eigenvalue weighted by Crippen LogP contribution is 2.46. The van der Waals surface area contributed by atoms with Gasteiger partial charge in [0.1, 0.15) is 5.75 Å². The molecule has 1 N–H and O–H groups in total. The molecule has 2 fully saturated rings. The summed E-state index contributed by atoms with van der Waals surface area (Å²) in [6.45, 7) is 6.80. The summed E-state index contributed by atoms with van der Waals surface area (Å²) < 4.78 is 11.1. The second-order valence-corrected chi connectivity index (χ2v) is 5.66. The number of hydrogen-bond acceptors (Lipinski definition) is 3. The van der Waals surface area contributed by atoms with Crippen LogP contribution in [-0.2, 0) is 4.74 Å². The Morgan fingerprint density at radius 1 is 1.26 bits per heavy atom. The summed E-state index contributed by atoms with van der Waals surface area (Å²) >= 11 is 0. The second kappa shape index (κ2) is 5.51. The van der Waals surface area contributed by atoms with Crippen molar-refractivity contribution in [3.8, 4) is 5.75 Å². The Balaban J connectivity index is 1.80. The van der Waals surface area contributed by atoms with Crippen LogP contribution in [0.3, 0.4) is 0 Å². The third-order valence-corrected chi connectivity index (χ3v) is 4.65. The van der Waals surface area contributed by atoms with E-state index in [1.165, 1.54) is 18.4 Å². The van der Waals surface area contributed by atoms with Gasteiger partial charge in [0.15, 0.2) is 0 Å². The topological polar surface area (TPSA) is 30.5 Å². The quantitative estimate of drug-likeness (QED) is 0.907. The van der Waals surface area contributed by atoms with Gasteiger partial charge in [-0.25, -0.2) is 0 Å². The van der Waals surface area contributed by atoms with E-state index in [1.807, 2.05) is 6.92 Å². The molecule has 0 aromatic heterocycles. The molecular weight excluding hydrogens is 238 g/mol. The summed E-state index contributed by atoms with van der Waals surface area (Å²) in [7, 11) is 0. The molecule has 2 saturated heterocycles. The Morgan fingerprint density at radius 3 is 2.68 bits per heavy atom. The van der Waals surface area contributed by atoms with Crippen molar-refractivity contribution >= 4 is 0 Å². The van der Waals surface area contributed by atoms with Crippen LogP contribution in [0, 0.1) is 5.41 Å². The van der Waals surface area contributed by atoms with Crippen LogP contribution in [0.1, 0.15) is 31.2 Å². The van der Waals surface area contributed by atoms with E-state index in [2.05, 4.69) is 29.6 Å². The first-order chi connectivity index (χ1) is 9.34. The largest absolute Gasteiger partial charge is 0.494 e. The number of ether oxygens (including phenoxy) is 2. The van der Waals surface area contributed by atoms with Crippen molar-refractivity contribution in [1.29, 1.82) is 0 Å².